The standard InChI is InChI=1S/C18H17N3/c1-11-14-6-3-7-16-17(14)15(8-9-20-11)18(21-16)12-4-2-5-13(19)10-12/h2-7,10,20-21H,1,8-9,19H2. The fraction of sp³-hybridized carbons (Fsp3) is 0.111. The van der Waals surface area contributed by atoms with Gasteiger partial charge in [0.05, 0.1) is 0 Å². The maximum Gasteiger partial charge on any atom is 0.0499 e. The Morgan fingerprint density at radius 2 is 1.95 bits per heavy atom. The summed E-state index contributed by atoms with van der Waals surface area (Å²) in [5, 5.41) is 4.68. The average molecular weight is 275 g/mol. The fourth-order valence-electron chi connectivity index (χ4n) is 3.19. The van der Waals surface area contributed by atoms with E-state index < -0.39 is 0 Å². The minimum atomic E-state index is 0.787. The van der Waals surface area contributed by atoms with Crippen molar-refractivity contribution in [3.8, 4) is 11.3 Å². The Morgan fingerprint density at radius 1 is 1.10 bits per heavy atom. The molecule has 21 heavy (non-hydrogen) atoms. The van der Waals surface area contributed by atoms with Crippen molar-refractivity contribution in [3.05, 3.63) is 60.2 Å². The number of hydrogen-bond acceptors (Lipinski definition) is 2. The smallest absolute Gasteiger partial charge is 0.0499 e. The van der Waals surface area contributed by atoms with Crippen molar-refractivity contribution in [1.82, 2.24) is 10.3 Å². The summed E-state index contributed by atoms with van der Waals surface area (Å²) in [6.07, 6.45) is 0.972. The highest BCUT2D eigenvalue weighted by Gasteiger charge is 2.19. The van der Waals surface area contributed by atoms with Gasteiger partial charge in [0.1, 0.15) is 0 Å². The Hall–Kier alpha value is -2.68. The normalized spacial score (nSPS) is 14.0. The van der Waals surface area contributed by atoms with Crippen molar-refractivity contribution in [1.29, 1.82) is 0 Å². The van der Waals surface area contributed by atoms with Crippen molar-refractivity contribution < 1.29 is 0 Å². The summed E-state index contributed by atoms with van der Waals surface area (Å²) in [7, 11) is 0. The van der Waals surface area contributed by atoms with Crippen molar-refractivity contribution in [2.75, 3.05) is 12.3 Å². The van der Waals surface area contributed by atoms with Gasteiger partial charge in [0.15, 0.2) is 0 Å². The summed E-state index contributed by atoms with van der Waals surface area (Å²) < 4.78 is 0. The van der Waals surface area contributed by atoms with Crippen LogP contribution in [0.25, 0.3) is 27.9 Å². The molecule has 3 heteroatoms. The van der Waals surface area contributed by atoms with Crippen molar-refractivity contribution in [3.63, 3.8) is 0 Å². The molecule has 0 aliphatic carbocycles. The highest BCUT2D eigenvalue weighted by Crippen LogP contribution is 2.36. The van der Waals surface area contributed by atoms with Crippen LogP contribution in [0.5, 0.6) is 0 Å². The fourth-order valence-corrected chi connectivity index (χ4v) is 3.19. The number of rotatable bonds is 1. The highest BCUT2D eigenvalue weighted by molar-refractivity contribution is 5.99. The van der Waals surface area contributed by atoms with E-state index in [4.69, 9.17) is 5.73 Å². The van der Waals surface area contributed by atoms with Gasteiger partial charge in [0, 0.05) is 45.7 Å². The molecule has 0 radical (unpaired) electrons. The van der Waals surface area contributed by atoms with Gasteiger partial charge < -0.3 is 16.0 Å². The Bertz CT molecular complexity index is 858. The largest absolute Gasteiger partial charge is 0.399 e. The second-order valence-electron chi connectivity index (χ2n) is 5.49. The van der Waals surface area contributed by atoms with Gasteiger partial charge in [0.25, 0.3) is 0 Å². The molecule has 0 amide bonds. The maximum atomic E-state index is 5.94. The molecule has 2 heterocycles. The van der Waals surface area contributed by atoms with Crippen molar-refractivity contribution >= 4 is 22.3 Å². The van der Waals surface area contributed by atoms with Crippen LogP contribution in [0.2, 0.25) is 0 Å². The van der Waals surface area contributed by atoms with E-state index in [0.717, 1.165) is 35.4 Å². The monoisotopic (exact) mass is 275 g/mol. The first-order valence-corrected chi connectivity index (χ1v) is 7.16. The average Bonchev–Trinajstić information content (AvgIpc) is 2.77. The third-order valence-electron chi connectivity index (χ3n) is 4.14. The summed E-state index contributed by atoms with van der Waals surface area (Å²) in [5.41, 5.74) is 13.7. The molecule has 0 saturated heterocycles. The zero-order valence-electron chi connectivity index (χ0n) is 11.7. The molecule has 2 aromatic carbocycles. The molecule has 1 aromatic heterocycles. The molecular weight excluding hydrogens is 258 g/mol. The molecule has 0 unspecified atom stereocenters. The van der Waals surface area contributed by atoms with E-state index in [1.54, 1.807) is 0 Å². The predicted molar refractivity (Wildman–Crippen MR) is 88.9 cm³/mol. The summed E-state index contributed by atoms with van der Waals surface area (Å²) in [6.45, 7) is 5.05. The second-order valence-corrected chi connectivity index (χ2v) is 5.49. The van der Waals surface area contributed by atoms with E-state index in [1.165, 1.54) is 22.2 Å². The number of nitrogens with two attached hydrogens (primary N) is 1. The number of hydrogen-bond donors (Lipinski definition) is 3. The first-order chi connectivity index (χ1) is 10.2. The van der Waals surface area contributed by atoms with Crippen LogP contribution in [0.4, 0.5) is 5.69 Å². The number of aromatic amines is 1. The van der Waals surface area contributed by atoms with Gasteiger partial charge in [-0.2, -0.15) is 0 Å². The van der Waals surface area contributed by atoms with Gasteiger partial charge in [-0.1, -0.05) is 30.8 Å². The van der Waals surface area contributed by atoms with Crippen LogP contribution in [0.15, 0.2) is 49.0 Å². The quantitative estimate of drug-likeness (QED) is 0.595. The van der Waals surface area contributed by atoms with Crippen LogP contribution in [0, 0.1) is 0 Å². The van der Waals surface area contributed by atoms with Crippen molar-refractivity contribution in [2.45, 2.75) is 6.42 Å². The minimum absolute atomic E-state index is 0.787. The molecule has 104 valence electrons. The molecule has 0 bridgehead atoms. The van der Waals surface area contributed by atoms with Crippen LogP contribution in [-0.4, -0.2) is 11.5 Å². The van der Waals surface area contributed by atoms with E-state index in [-0.39, 0.29) is 0 Å². The molecule has 4 N–H and O–H groups in total. The molecule has 1 aliphatic rings. The van der Waals surface area contributed by atoms with E-state index >= 15 is 0 Å². The molecule has 4 rings (SSSR count). The van der Waals surface area contributed by atoms with Crippen LogP contribution in [0.1, 0.15) is 11.1 Å². The molecule has 0 atom stereocenters. The number of nitrogen functional groups attached to an aromatic ring is 1. The van der Waals surface area contributed by atoms with Crippen LogP contribution in [0.3, 0.4) is 0 Å². The van der Waals surface area contributed by atoms with Gasteiger partial charge in [0.2, 0.25) is 0 Å². The van der Waals surface area contributed by atoms with Gasteiger partial charge >= 0.3 is 0 Å². The number of aromatic nitrogens is 1. The Morgan fingerprint density at radius 3 is 2.81 bits per heavy atom. The van der Waals surface area contributed by atoms with Crippen LogP contribution >= 0.6 is 0 Å². The number of benzene rings is 2. The minimum Gasteiger partial charge on any atom is -0.399 e. The second kappa shape index (κ2) is 4.42. The first kappa shape index (κ1) is 12.1. The SMILES string of the molecule is C=C1NCCc2c(-c3cccc(N)c3)[nH]c3cccc1c23. The Labute approximate surface area is 123 Å². The van der Waals surface area contributed by atoms with Crippen molar-refractivity contribution in [2.24, 2.45) is 0 Å². The third-order valence-corrected chi connectivity index (χ3v) is 4.14. The predicted octanol–water partition coefficient (Wildman–Crippen LogP) is 3.53. The topological polar surface area (TPSA) is 53.8 Å². The molecular formula is C18H17N3. The van der Waals surface area contributed by atoms with Gasteiger partial charge in [-0.25, -0.2) is 0 Å². The highest BCUT2D eigenvalue weighted by atomic mass is 14.9. The molecule has 0 spiro atoms. The lowest BCUT2D eigenvalue weighted by atomic mass is 10.00. The summed E-state index contributed by atoms with van der Waals surface area (Å²) in [5.74, 6) is 0. The van der Waals surface area contributed by atoms with Crippen LogP contribution < -0.4 is 11.1 Å². The molecule has 3 aromatic rings. The molecule has 0 fully saturated rings. The van der Waals surface area contributed by atoms with E-state index in [2.05, 4.69) is 41.1 Å². The van der Waals surface area contributed by atoms with E-state index in [0.29, 0.717) is 0 Å². The zero-order chi connectivity index (χ0) is 14.4. The van der Waals surface area contributed by atoms with Crippen LogP contribution in [-0.2, 0) is 6.42 Å². The van der Waals surface area contributed by atoms with Gasteiger partial charge in [-0.05, 0) is 30.2 Å². The van der Waals surface area contributed by atoms with E-state index in [1.807, 2.05) is 18.2 Å². The first-order valence-electron chi connectivity index (χ1n) is 7.16. The molecule has 0 saturated carbocycles. The molecule has 3 nitrogen and oxygen atoms in total. The lowest BCUT2D eigenvalue weighted by Gasteiger charge is -2.06. The maximum absolute atomic E-state index is 5.94. The van der Waals surface area contributed by atoms with Gasteiger partial charge in [-0.15, -0.1) is 0 Å². The lowest BCUT2D eigenvalue weighted by Crippen LogP contribution is -2.12. The summed E-state index contributed by atoms with van der Waals surface area (Å²) >= 11 is 0. The lowest BCUT2D eigenvalue weighted by molar-refractivity contribution is 0.863. The Balaban J connectivity index is 2.05. The summed E-state index contributed by atoms with van der Waals surface area (Å²) in [6, 6.07) is 14.4. The number of nitrogens with one attached hydrogen (secondary N) is 2. The summed E-state index contributed by atoms with van der Waals surface area (Å²) in [4.78, 5) is 3.56. The Kier molecular flexibility index (Phi) is 2.54. The van der Waals surface area contributed by atoms with Gasteiger partial charge in [-0.3, -0.25) is 0 Å². The van der Waals surface area contributed by atoms with E-state index in [9.17, 15) is 0 Å². The zero-order valence-corrected chi connectivity index (χ0v) is 11.7. The third kappa shape index (κ3) is 1.82. The number of H-pyrrole nitrogens is 1. The molecule has 1 aliphatic heterocycles. The number of anilines is 1.